The van der Waals surface area contributed by atoms with E-state index in [4.69, 9.17) is 22.8 Å². The van der Waals surface area contributed by atoms with Crippen LogP contribution in [0, 0.1) is 0 Å². The van der Waals surface area contributed by atoms with Crippen LogP contribution >= 0.6 is 15.6 Å². The summed E-state index contributed by atoms with van der Waals surface area (Å²) in [7, 11) is 0.261. The summed E-state index contributed by atoms with van der Waals surface area (Å²) < 4.78 is 49.8. The van der Waals surface area contributed by atoms with E-state index in [1.165, 1.54) is 7.11 Å². The van der Waals surface area contributed by atoms with E-state index < -0.39 is 21.7 Å². The molecule has 33 heavy (non-hydrogen) atoms. The minimum absolute atomic E-state index is 0.00667. The highest BCUT2D eigenvalue weighted by Crippen LogP contribution is 2.46. The van der Waals surface area contributed by atoms with Gasteiger partial charge in [0.15, 0.2) is 0 Å². The molecule has 196 valence electrons. The number of hydrogen-bond acceptors (Lipinski definition) is 11. The molecule has 0 radical (unpaired) electrons. The van der Waals surface area contributed by atoms with E-state index in [9.17, 15) is 18.9 Å². The summed E-state index contributed by atoms with van der Waals surface area (Å²) in [5, 5.41) is 6.36. The van der Waals surface area contributed by atoms with Gasteiger partial charge in [0, 0.05) is 44.4 Å². The van der Waals surface area contributed by atoms with Crippen molar-refractivity contribution in [1.29, 1.82) is 0 Å². The first-order valence-electron chi connectivity index (χ1n) is 11.0. The van der Waals surface area contributed by atoms with Gasteiger partial charge in [-0.25, -0.2) is 9.13 Å². The lowest BCUT2D eigenvalue weighted by molar-refractivity contribution is -0.000373. The molecule has 0 aromatic rings. The van der Waals surface area contributed by atoms with E-state index in [2.05, 4.69) is 10.6 Å². The standard InChI is InChI=1S/C18H40N4O9P2/c1-19-14-6-16(21(3)8-14)10-28-32(23,24)30-12-18(27-5)13-31-33(25,26)29-11-17-7-15(20-2)9-22(17)4/h14-20H,6-13H2,1-5H3,(H,23,24)(H,25,26). The van der Waals surface area contributed by atoms with Crippen molar-refractivity contribution in [1.82, 2.24) is 20.4 Å². The number of methoxy groups -OCH3 is 1. The maximum absolute atomic E-state index is 12.2. The molecule has 2 saturated heterocycles. The molecule has 0 bridgehead atoms. The third-order valence-electron chi connectivity index (χ3n) is 6.23. The van der Waals surface area contributed by atoms with Crippen LogP contribution in [0.25, 0.3) is 0 Å². The molecule has 0 aromatic heterocycles. The van der Waals surface area contributed by atoms with Gasteiger partial charge in [-0.3, -0.25) is 27.9 Å². The quantitative estimate of drug-likeness (QED) is 0.213. The first-order valence-corrected chi connectivity index (χ1v) is 14.0. The van der Waals surface area contributed by atoms with Gasteiger partial charge in [-0.2, -0.15) is 0 Å². The average Bonchev–Trinajstić information content (AvgIpc) is 3.32. The number of phosphoric ester groups is 2. The molecular weight excluding hydrogens is 478 g/mol. The molecule has 0 saturated carbocycles. The van der Waals surface area contributed by atoms with Crippen LogP contribution in [-0.4, -0.2) is 125 Å². The zero-order valence-electron chi connectivity index (χ0n) is 20.1. The predicted molar refractivity (Wildman–Crippen MR) is 122 cm³/mol. The van der Waals surface area contributed by atoms with Gasteiger partial charge in [0.2, 0.25) is 0 Å². The second-order valence-electron chi connectivity index (χ2n) is 8.61. The van der Waals surface area contributed by atoms with Gasteiger partial charge >= 0.3 is 15.6 Å². The van der Waals surface area contributed by atoms with Gasteiger partial charge in [-0.1, -0.05) is 0 Å². The van der Waals surface area contributed by atoms with Crippen molar-refractivity contribution in [3.05, 3.63) is 0 Å². The number of nitrogens with one attached hydrogen (secondary N) is 2. The Morgan fingerprint density at radius 1 is 0.848 bits per heavy atom. The maximum Gasteiger partial charge on any atom is 0.472 e. The van der Waals surface area contributed by atoms with Crippen LogP contribution in [0.1, 0.15) is 12.8 Å². The summed E-state index contributed by atoms with van der Waals surface area (Å²) in [5.74, 6) is 0. The first kappa shape index (κ1) is 29.3. The molecule has 0 aromatic carbocycles. The Labute approximate surface area is 196 Å². The largest absolute Gasteiger partial charge is 0.472 e. The molecule has 0 spiro atoms. The fourth-order valence-corrected chi connectivity index (χ4v) is 5.52. The van der Waals surface area contributed by atoms with Gasteiger partial charge in [0.1, 0.15) is 6.10 Å². The second kappa shape index (κ2) is 13.4. The Hall–Kier alpha value is 0.0200. The third kappa shape index (κ3) is 9.89. The molecule has 2 aliphatic heterocycles. The topological polar surface area (TPSA) is 151 Å². The molecular formula is C18H40N4O9P2. The van der Waals surface area contributed by atoms with Crippen molar-refractivity contribution in [2.45, 2.75) is 43.1 Å². The van der Waals surface area contributed by atoms with Crippen molar-refractivity contribution in [2.24, 2.45) is 0 Å². The summed E-state index contributed by atoms with van der Waals surface area (Å²) in [6.45, 7) is 1.00. The highest BCUT2D eigenvalue weighted by Gasteiger charge is 2.34. The smallest absolute Gasteiger partial charge is 0.377 e. The zero-order chi connectivity index (χ0) is 24.6. The van der Waals surface area contributed by atoms with Crippen molar-refractivity contribution in [3.8, 4) is 0 Å². The van der Waals surface area contributed by atoms with E-state index in [0.717, 1.165) is 25.9 Å². The van der Waals surface area contributed by atoms with Crippen LogP contribution in [0.3, 0.4) is 0 Å². The van der Waals surface area contributed by atoms with Gasteiger partial charge < -0.3 is 25.2 Å². The number of likely N-dealkylation sites (tertiary alicyclic amines) is 2. The van der Waals surface area contributed by atoms with E-state index in [0.29, 0.717) is 12.1 Å². The summed E-state index contributed by atoms with van der Waals surface area (Å²) in [5.41, 5.74) is 0. The maximum atomic E-state index is 12.2. The summed E-state index contributed by atoms with van der Waals surface area (Å²) >= 11 is 0. The lowest BCUT2D eigenvalue weighted by Gasteiger charge is -2.23. The fourth-order valence-electron chi connectivity index (χ4n) is 3.94. The Morgan fingerprint density at radius 3 is 1.55 bits per heavy atom. The number of rotatable bonds is 15. The van der Waals surface area contributed by atoms with Crippen molar-refractivity contribution in [3.63, 3.8) is 0 Å². The molecule has 15 heteroatoms. The number of hydrogen-bond donors (Lipinski definition) is 4. The normalized spacial score (nSPS) is 31.5. The fraction of sp³-hybridized carbons (Fsp3) is 1.00. The molecule has 4 N–H and O–H groups in total. The van der Waals surface area contributed by atoms with Crippen LogP contribution in [0.15, 0.2) is 0 Å². The summed E-state index contributed by atoms with van der Waals surface area (Å²) in [6.07, 6.45) is 0.711. The summed E-state index contributed by atoms with van der Waals surface area (Å²) in [6, 6.07) is 0.584. The number of phosphoric acid groups is 2. The molecule has 13 nitrogen and oxygen atoms in total. The molecule has 6 atom stereocenters. The third-order valence-corrected chi connectivity index (χ3v) is 8.14. The number of likely N-dealkylation sites (N-methyl/N-ethyl adjacent to an activating group) is 4. The van der Waals surface area contributed by atoms with E-state index in [1.807, 2.05) is 38.0 Å². The molecule has 6 unspecified atom stereocenters. The van der Waals surface area contributed by atoms with Gasteiger partial charge in [0.25, 0.3) is 0 Å². The van der Waals surface area contributed by atoms with Crippen molar-refractivity contribution >= 4 is 15.6 Å². The minimum atomic E-state index is -4.33. The highest BCUT2D eigenvalue weighted by atomic mass is 31.2. The Bertz CT molecular complexity index is 637. The van der Waals surface area contributed by atoms with Gasteiger partial charge in [-0.15, -0.1) is 0 Å². The lowest BCUT2D eigenvalue weighted by Crippen LogP contribution is -2.30. The SMILES string of the molecule is CNC1CC(COP(=O)(O)OCC(COP(=O)(O)OCC2CC(NC)CN2C)OC)N(C)C1. The minimum Gasteiger partial charge on any atom is -0.377 e. The Balaban J connectivity index is 1.70. The number of ether oxygens (including phenoxy) is 1. The number of nitrogens with zero attached hydrogens (tertiary/aromatic N) is 2. The van der Waals surface area contributed by atoms with Crippen molar-refractivity contribution < 1.29 is 41.7 Å². The van der Waals surface area contributed by atoms with Crippen molar-refractivity contribution in [2.75, 3.05) is 74.8 Å². The first-order chi connectivity index (χ1) is 15.5. The Kier molecular flexibility index (Phi) is 11.8. The van der Waals surface area contributed by atoms with Crippen LogP contribution in [0.2, 0.25) is 0 Å². The van der Waals surface area contributed by atoms with Crippen LogP contribution in [0.5, 0.6) is 0 Å². The molecule has 2 aliphatic rings. The van der Waals surface area contributed by atoms with E-state index in [-0.39, 0.29) is 38.5 Å². The molecule has 0 amide bonds. The Morgan fingerprint density at radius 2 is 1.24 bits per heavy atom. The second-order valence-corrected chi connectivity index (χ2v) is 11.5. The van der Waals surface area contributed by atoms with E-state index >= 15 is 0 Å². The zero-order valence-corrected chi connectivity index (χ0v) is 21.9. The molecule has 0 aliphatic carbocycles. The predicted octanol–water partition coefficient (Wildman–Crippen LogP) is -0.147. The molecule has 2 heterocycles. The van der Waals surface area contributed by atoms with Crippen LogP contribution < -0.4 is 10.6 Å². The van der Waals surface area contributed by atoms with Crippen LogP contribution in [0.4, 0.5) is 0 Å². The van der Waals surface area contributed by atoms with Gasteiger partial charge in [-0.05, 0) is 41.0 Å². The highest BCUT2D eigenvalue weighted by molar-refractivity contribution is 7.47. The lowest BCUT2D eigenvalue weighted by atomic mass is 10.2. The molecule has 2 rings (SSSR count). The summed E-state index contributed by atoms with van der Waals surface area (Å²) in [4.78, 5) is 24.0. The van der Waals surface area contributed by atoms with Crippen LogP contribution in [-0.2, 0) is 32.0 Å². The molecule has 2 fully saturated rings. The van der Waals surface area contributed by atoms with Gasteiger partial charge in [0.05, 0.1) is 26.4 Å². The van der Waals surface area contributed by atoms with E-state index in [1.54, 1.807) is 0 Å². The average molecular weight is 518 g/mol. The monoisotopic (exact) mass is 518 g/mol.